The average molecular weight is 295 g/mol. The third kappa shape index (κ3) is 4.45. The van der Waals surface area contributed by atoms with Crippen LogP contribution in [-0.2, 0) is 0 Å². The highest BCUT2D eigenvalue weighted by Gasteiger charge is 2.28. The van der Waals surface area contributed by atoms with Gasteiger partial charge < -0.3 is 28.5 Å². The van der Waals surface area contributed by atoms with E-state index >= 15 is 0 Å². The molecule has 1 saturated carbocycles. The molecular weight excluding hydrogens is 273 g/mol. The van der Waals surface area contributed by atoms with Crippen molar-refractivity contribution in [1.29, 1.82) is 0 Å². The monoisotopic (exact) mass is 295 g/mol. The summed E-state index contributed by atoms with van der Waals surface area (Å²) >= 11 is 0. The van der Waals surface area contributed by atoms with Crippen molar-refractivity contribution in [3.63, 3.8) is 0 Å². The highest BCUT2D eigenvalue weighted by molar-refractivity contribution is 5.06. The van der Waals surface area contributed by atoms with Crippen molar-refractivity contribution in [3.05, 3.63) is 12.2 Å². The van der Waals surface area contributed by atoms with E-state index in [1.54, 1.807) is 0 Å². The van der Waals surface area contributed by atoms with Gasteiger partial charge in [-0.2, -0.15) is 0 Å². The van der Waals surface area contributed by atoms with Gasteiger partial charge in [-0.15, -0.1) is 0 Å². The molecule has 1 nitrogen and oxygen atoms in total. The fraction of sp³-hybridized carbons (Fsp3) is 0.818. The number of quaternary nitrogens is 1. The molecule has 1 fully saturated rings. The fourth-order valence-corrected chi connectivity index (χ4v) is 2.24. The molecule has 1 aliphatic rings. The lowest BCUT2D eigenvalue weighted by molar-refractivity contribution is -0.873. The van der Waals surface area contributed by atoms with Crippen LogP contribution in [0.3, 0.4) is 0 Å². The molecule has 0 aromatic heterocycles. The van der Waals surface area contributed by atoms with Crippen molar-refractivity contribution in [3.8, 4) is 0 Å². The van der Waals surface area contributed by atoms with E-state index in [-0.39, 0.29) is 24.0 Å². The summed E-state index contributed by atoms with van der Waals surface area (Å²) in [5.41, 5.74) is 1.47. The number of allylic oxidation sites excluding steroid dienone is 1. The van der Waals surface area contributed by atoms with Crippen LogP contribution in [0.2, 0.25) is 0 Å². The van der Waals surface area contributed by atoms with Gasteiger partial charge in [-0.3, -0.25) is 0 Å². The summed E-state index contributed by atoms with van der Waals surface area (Å²) in [6, 6.07) is 0. The predicted octanol–water partition coefficient (Wildman–Crippen LogP) is -0.701. The summed E-state index contributed by atoms with van der Waals surface area (Å²) in [5, 5.41) is 0. The van der Waals surface area contributed by atoms with Crippen molar-refractivity contribution >= 4 is 0 Å². The zero-order chi connectivity index (χ0) is 9.35. The van der Waals surface area contributed by atoms with Gasteiger partial charge in [0.1, 0.15) is 0 Å². The lowest BCUT2D eigenvalue weighted by Gasteiger charge is -2.27. The van der Waals surface area contributed by atoms with E-state index in [1.165, 1.54) is 25.0 Å². The van der Waals surface area contributed by atoms with E-state index in [9.17, 15) is 0 Å². The van der Waals surface area contributed by atoms with Gasteiger partial charge >= 0.3 is 0 Å². The van der Waals surface area contributed by atoms with E-state index in [4.69, 9.17) is 0 Å². The molecule has 0 heterocycles. The van der Waals surface area contributed by atoms with Gasteiger partial charge in [-0.1, -0.05) is 19.1 Å². The molecule has 0 aromatic rings. The Labute approximate surface area is 99.8 Å². The Balaban J connectivity index is 0.00000144. The van der Waals surface area contributed by atoms with Crippen LogP contribution in [0.25, 0.3) is 0 Å². The molecule has 13 heavy (non-hydrogen) atoms. The number of hydrogen-bond acceptors (Lipinski definition) is 0. The van der Waals surface area contributed by atoms with Gasteiger partial charge in [0.25, 0.3) is 0 Å². The summed E-state index contributed by atoms with van der Waals surface area (Å²) in [6.07, 6.45) is 2.62. The van der Waals surface area contributed by atoms with Crippen LogP contribution in [0.15, 0.2) is 12.2 Å². The molecule has 2 heteroatoms. The van der Waals surface area contributed by atoms with Crippen molar-refractivity contribution in [2.24, 2.45) is 11.8 Å². The minimum Gasteiger partial charge on any atom is -1.00 e. The van der Waals surface area contributed by atoms with Gasteiger partial charge in [0.2, 0.25) is 0 Å². The first-order valence-electron chi connectivity index (χ1n) is 4.86. The Kier molecular flexibility index (Phi) is 4.94. The van der Waals surface area contributed by atoms with Gasteiger partial charge in [0.15, 0.2) is 0 Å². The number of halogens is 1. The van der Waals surface area contributed by atoms with Crippen molar-refractivity contribution in [2.75, 3.05) is 27.7 Å². The minimum atomic E-state index is 0. The van der Waals surface area contributed by atoms with E-state index in [0.29, 0.717) is 0 Å². The molecule has 0 aliphatic heterocycles. The summed E-state index contributed by atoms with van der Waals surface area (Å²) in [7, 11) is 6.81. The van der Waals surface area contributed by atoms with Crippen LogP contribution in [0, 0.1) is 11.8 Å². The standard InChI is InChI=1S/C11H22N.HI/c1-9-6-11(7-10(9)2)8-12(3,4)5;/h10-11H,1,6-8H2,2-5H3;1H/q+1;/p-1/t10-,11+;/m1./s1. The van der Waals surface area contributed by atoms with Crippen molar-refractivity contribution in [2.45, 2.75) is 19.8 Å². The Morgan fingerprint density at radius 1 is 1.38 bits per heavy atom. The lowest BCUT2D eigenvalue weighted by atomic mass is 10.1. The smallest absolute Gasteiger partial charge is 0.0812 e. The molecule has 78 valence electrons. The maximum atomic E-state index is 4.11. The van der Waals surface area contributed by atoms with Crippen LogP contribution in [0.5, 0.6) is 0 Å². The van der Waals surface area contributed by atoms with Gasteiger partial charge in [-0.25, -0.2) is 0 Å². The van der Waals surface area contributed by atoms with Crippen LogP contribution < -0.4 is 24.0 Å². The lowest BCUT2D eigenvalue weighted by Crippen LogP contribution is -3.00. The second-order valence-corrected chi connectivity index (χ2v) is 5.34. The zero-order valence-electron chi connectivity index (χ0n) is 9.31. The Hall–Kier alpha value is 0.430. The minimum absolute atomic E-state index is 0. The van der Waals surface area contributed by atoms with Gasteiger partial charge in [0, 0.05) is 5.92 Å². The molecule has 2 atom stereocenters. The topological polar surface area (TPSA) is 0 Å². The maximum Gasteiger partial charge on any atom is 0.0812 e. The summed E-state index contributed by atoms with van der Waals surface area (Å²) in [4.78, 5) is 0. The summed E-state index contributed by atoms with van der Waals surface area (Å²) in [6.45, 7) is 7.71. The second kappa shape index (κ2) is 4.78. The Bertz CT molecular complexity index is 181. The molecule has 0 radical (unpaired) electrons. The Morgan fingerprint density at radius 2 is 1.92 bits per heavy atom. The third-order valence-electron chi connectivity index (χ3n) is 2.74. The SMILES string of the molecule is C=C1C[C@H](C[N+](C)(C)C)C[C@H]1C.[I-]. The molecule has 0 bridgehead atoms. The fourth-order valence-electron chi connectivity index (χ4n) is 2.24. The van der Waals surface area contributed by atoms with E-state index in [2.05, 4.69) is 34.6 Å². The normalized spacial score (nSPS) is 28.8. The zero-order valence-corrected chi connectivity index (χ0v) is 11.5. The van der Waals surface area contributed by atoms with E-state index in [1.807, 2.05) is 0 Å². The number of nitrogens with zero attached hydrogens (tertiary/aromatic N) is 1. The highest BCUT2D eigenvalue weighted by Crippen LogP contribution is 2.34. The molecule has 1 rings (SSSR count). The first-order chi connectivity index (χ1) is 5.38. The molecule has 0 spiro atoms. The molecule has 0 N–H and O–H groups in total. The second-order valence-electron chi connectivity index (χ2n) is 5.34. The predicted molar refractivity (Wildman–Crippen MR) is 53.9 cm³/mol. The average Bonchev–Trinajstić information content (AvgIpc) is 2.07. The molecule has 1 aliphatic carbocycles. The molecule has 0 amide bonds. The number of rotatable bonds is 2. The molecule has 0 aromatic carbocycles. The van der Waals surface area contributed by atoms with Gasteiger partial charge in [0.05, 0.1) is 27.7 Å². The van der Waals surface area contributed by atoms with Crippen LogP contribution >= 0.6 is 0 Å². The molecule has 0 unspecified atom stereocenters. The largest absolute Gasteiger partial charge is 1.00 e. The summed E-state index contributed by atoms with van der Waals surface area (Å²) in [5.74, 6) is 1.65. The van der Waals surface area contributed by atoms with E-state index < -0.39 is 0 Å². The van der Waals surface area contributed by atoms with E-state index in [0.717, 1.165) is 16.3 Å². The van der Waals surface area contributed by atoms with Crippen molar-refractivity contribution < 1.29 is 28.5 Å². The molecule has 0 saturated heterocycles. The van der Waals surface area contributed by atoms with Crippen LogP contribution in [0.4, 0.5) is 0 Å². The van der Waals surface area contributed by atoms with Crippen LogP contribution in [-0.4, -0.2) is 32.2 Å². The van der Waals surface area contributed by atoms with Gasteiger partial charge in [-0.05, 0) is 18.8 Å². The number of hydrogen-bond donors (Lipinski definition) is 0. The third-order valence-corrected chi connectivity index (χ3v) is 2.74. The maximum absolute atomic E-state index is 4.11. The highest BCUT2D eigenvalue weighted by atomic mass is 127. The first kappa shape index (κ1) is 13.4. The summed E-state index contributed by atoms with van der Waals surface area (Å²) < 4.78 is 1.09. The van der Waals surface area contributed by atoms with Crippen LogP contribution in [0.1, 0.15) is 19.8 Å². The Morgan fingerprint density at radius 3 is 2.23 bits per heavy atom. The molecular formula is C11H22IN. The first-order valence-corrected chi connectivity index (χ1v) is 4.86. The quantitative estimate of drug-likeness (QED) is 0.359. The van der Waals surface area contributed by atoms with Crippen molar-refractivity contribution in [1.82, 2.24) is 0 Å².